The predicted molar refractivity (Wildman–Crippen MR) is 85.8 cm³/mol. The summed E-state index contributed by atoms with van der Waals surface area (Å²) in [6, 6.07) is 10.3. The summed E-state index contributed by atoms with van der Waals surface area (Å²) in [5, 5.41) is 13.6. The molecule has 0 saturated heterocycles. The molecule has 0 aliphatic carbocycles. The van der Waals surface area contributed by atoms with Crippen LogP contribution >= 0.6 is 27.3 Å². The summed E-state index contributed by atoms with van der Waals surface area (Å²) in [4.78, 5) is 1.29. The number of rotatable bonds is 4. The van der Waals surface area contributed by atoms with Crippen molar-refractivity contribution in [2.75, 3.05) is 5.32 Å². The van der Waals surface area contributed by atoms with Crippen molar-refractivity contribution in [1.29, 1.82) is 0 Å². The summed E-state index contributed by atoms with van der Waals surface area (Å²) in [6.07, 6.45) is 1.71. The van der Waals surface area contributed by atoms with Gasteiger partial charge in [-0.25, -0.2) is 0 Å². The van der Waals surface area contributed by atoms with Crippen LogP contribution in [0.15, 0.2) is 46.5 Å². The van der Waals surface area contributed by atoms with E-state index >= 15 is 0 Å². The lowest BCUT2D eigenvalue weighted by Gasteiger charge is -2.07. The number of nitrogens with zero attached hydrogens (tertiary/aromatic N) is 3. The van der Waals surface area contributed by atoms with Gasteiger partial charge in [0.2, 0.25) is 0 Å². The summed E-state index contributed by atoms with van der Waals surface area (Å²) in [5.41, 5.74) is 2.14. The van der Waals surface area contributed by atoms with Crippen molar-refractivity contribution in [2.24, 2.45) is 7.05 Å². The fraction of sp³-hybridized carbons (Fsp3) is 0.143. The maximum Gasteiger partial charge on any atom is 0.163 e. The first-order valence-corrected chi connectivity index (χ1v) is 7.81. The van der Waals surface area contributed by atoms with Gasteiger partial charge in [-0.15, -0.1) is 21.5 Å². The number of benzene rings is 1. The van der Waals surface area contributed by atoms with Gasteiger partial charge in [0.15, 0.2) is 5.82 Å². The Labute approximate surface area is 129 Å². The number of halogens is 1. The van der Waals surface area contributed by atoms with Gasteiger partial charge in [-0.3, -0.25) is 0 Å². The molecule has 1 aromatic carbocycles. The Bertz CT molecular complexity index is 719. The number of hydrogen-bond acceptors (Lipinski definition) is 4. The minimum Gasteiger partial charge on any atom is -0.380 e. The molecule has 3 aromatic rings. The van der Waals surface area contributed by atoms with E-state index in [-0.39, 0.29) is 0 Å². The summed E-state index contributed by atoms with van der Waals surface area (Å²) >= 11 is 5.21. The van der Waals surface area contributed by atoms with Gasteiger partial charge in [-0.2, -0.15) is 0 Å². The number of nitrogens with one attached hydrogen (secondary N) is 1. The lowest BCUT2D eigenvalue weighted by Crippen LogP contribution is -1.98. The Balaban J connectivity index is 1.76. The quantitative estimate of drug-likeness (QED) is 0.776. The minimum absolute atomic E-state index is 0.818. The van der Waals surface area contributed by atoms with Crippen LogP contribution in [-0.4, -0.2) is 14.8 Å². The molecule has 0 saturated carbocycles. The molecule has 2 heterocycles. The second kappa shape index (κ2) is 5.76. The number of thiophene rings is 1. The maximum absolute atomic E-state index is 4.13. The highest BCUT2D eigenvalue weighted by molar-refractivity contribution is 9.10. The topological polar surface area (TPSA) is 42.7 Å². The van der Waals surface area contributed by atoms with Crippen LogP contribution in [0.4, 0.5) is 5.69 Å². The lowest BCUT2D eigenvalue weighted by molar-refractivity contribution is 0.920. The van der Waals surface area contributed by atoms with Crippen LogP contribution in [0.2, 0.25) is 0 Å². The molecule has 0 spiro atoms. The van der Waals surface area contributed by atoms with Crippen molar-refractivity contribution >= 4 is 33.0 Å². The number of aromatic nitrogens is 3. The molecule has 3 rings (SSSR count). The van der Waals surface area contributed by atoms with E-state index in [1.165, 1.54) is 4.88 Å². The highest BCUT2D eigenvalue weighted by Gasteiger charge is 2.05. The second-order valence-electron chi connectivity index (χ2n) is 4.43. The Kier molecular flexibility index (Phi) is 3.84. The van der Waals surface area contributed by atoms with Crippen molar-refractivity contribution in [3.8, 4) is 11.4 Å². The fourth-order valence-electron chi connectivity index (χ4n) is 1.95. The van der Waals surface area contributed by atoms with Gasteiger partial charge in [-0.1, -0.05) is 12.1 Å². The molecule has 6 heteroatoms. The van der Waals surface area contributed by atoms with Crippen molar-refractivity contribution < 1.29 is 0 Å². The van der Waals surface area contributed by atoms with Crippen molar-refractivity contribution in [3.63, 3.8) is 0 Å². The van der Waals surface area contributed by atoms with E-state index in [4.69, 9.17) is 0 Å². The van der Waals surface area contributed by atoms with E-state index < -0.39 is 0 Å². The highest BCUT2D eigenvalue weighted by atomic mass is 79.9. The van der Waals surface area contributed by atoms with Crippen LogP contribution < -0.4 is 5.32 Å². The number of hydrogen-bond donors (Lipinski definition) is 1. The van der Waals surface area contributed by atoms with Crippen LogP contribution in [0.1, 0.15) is 4.88 Å². The summed E-state index contributed by atoms with van der Waals surface area (Å²) in [7, 11) is 1.94. The van der Waals surface area contributed by atoms with Crippen LogP contribution in [-0.2, 0) is 13.6 Å². The third-order valence-corrected chi connectivity index (χ3v) is 4.62. The molecule has 0 aliphatic rings. The molecular formula is C14H13BrN4S. The maximum atomic E-state index is 4.13. The zero-order valence-corrected chi connectivity index (χ0v) is 13.3. The van der Waals surface area contributed by atoms with Gasteiger partial charge < -0.3 is 9.88 Å². The predicted octanol–water partition coefficient (Wildman–Crippen LogP) is 3.92. The molecule has 0 amide bonds. The zero-order valence-electron chi connectivity index (χ0n) is 10.9. The third-order valence-electron chi connectivity index (χ3n) is 2.92. The molecule has 2 aromatic heterocycles. The van der Waals surface area contributed by atoms with E-state index in [0.29, 0.717) is 0 Å². The molecule has 102 valence electrons. The van der Waals surface area contributed by atoms with Gasteiger partial charge in [0, 0.05) is 39.6 Å². The molecule has 0 atom stereocenters. The van der Waals surface area contributed by atoms with Gasteiger partial charge in [0.05, 0.1) is 0 Å². The number of anilines is 1. The van der Waals surface area contributed by atoms with Crippen molar-refractivity contribution in [2.45, 2.75) is 6.54 Å². The third kappa shape index (κ3) is 2.91. The van der Waals surface area contributed by atoms with E-state index in [9.17, 15) is 0 Å². The van der Waals surface area contributed by atoms with Crippen molar-refractivity contribution in [3.05, 3.63) is 51.4 Å². The average molecular weight is 349 g/mol. The Morgan fingerprint density at radius 3 is 2.95 bits per heavy atom. The second-order valence-corrected chi connectivity index (χ2v) is 6.34. The molecule has 0 radical (unpaired) electrons. The normalized spacial score (nSPS) is 10.7. The fourth-order valence-corrected chi connectivity index (χ4v) is 3.34. The first kappa shape index (κ1) is 13.3. The number of aryl methyl sites for hydroxylation is 1. The zero-order chi connectivity index (χ0) is 13.9. The Morgan fingerprint density at radius 2 is 2.25 bits per heavy atom. The van der Waals surface area contributed by atoms with E-state index in [0.717, 1.165) is 28.1 Å². The van der Waals surface area contributed by atoms with E-state index in [1.807, 2.05) is 23.7 Å². The van der Waals surface area contributed by atoms with Crippen molar-refractivity contribution in [1.82, 2.24) is 14.8 Å². The molecule has 20 heavy (non-hydrogen) atoms. The molecule has 0 bridgehead atoms. The van der Waals surface area contributed by atoms with E-state index in [2.05, 4.69) is 55.0 Å². The SMILES string of the molecule is Cn1cnnc1-c1cccc(NCc2cc(Br)cs2)c1. The standard InChI is InChI=1S/C14H13BrN4S/c1-19-9-17-18-14(19)10-3-2-4-12(5-10)16-7-13-6-11(15)8-20-13/h2-6,8-9,16H,7H2,1H3. The van der Waals surface area contributed by atoms with Crippen LogP contribution in [0, 0.1) is 0 Å². The highest BCUT2D eigenvalue weighted by Crippen LogP contribution is 2.23. The van der Waals surface area contributed by atoms with Gasteiger partial charge in [-0.05, 0) is 34.1 Å². The lowest BCUT2D eigenvalue weighted by atomic mass is 10.2. The summed E-state index contributed by atoms with van der Waals surface area (Å²) in [5.74, 6) is 0.868. The first-order valence-electron chi connectivity index (χ1n) is 6.13. The minimum atomic E-state index is 0.818. The Hall–Kier alpha value is -1.66. The van der Waals surface area contributed by atoms with Gasteiger partial charge in [0.25, 0.3) is 0 Å². The molecule has 0 aliphatic heterocycles. The molecular weight excluding hydrogens is 336 g/mol. The first-order chi connectivity index (χ1) is 9.72. The van der Waals surface area contributed by atoms with Gasteiger partial charge in [0.1, 0.15) is 6.33 Å². The molecule has 1 N–H and O–H groups in total. The van der Waals surface area contributed by atoms with Gasteiger partial charge >= 0.3 is 0 Å². The summed E-state index contributed by atoms with van der Waals surface area (Å²) < 4.78 is 3.04. The largest absolute Gasteiger partial charge is 0.380 e. The van der Waals surface area contributed by atoms with Crippen LogP contribution in [0.5, 0.6) is 0 Å². The monoisotopic (exact) mass is 348 g/mol. The molecule has 4 nitrogen and oxygen atoms in total. The molecule has 0 unspecified atom stereocenters. The smallest absolute Gasteiger partial charge is 0.163 e. The van der Waals surface area contributed by atoms with Crippen LogP contribution in [0.25, 0.3) is 11.4 Å². The van der Waals surface area contributed by atoms with Crippen LogP contribution in [0.3, 0.4) is 0 Å². The summed E-state index contributed by atoms with van der Waals surface area (Å²) in [6.45, 7) is 0.818. The Morgan fingerprint density at radius 1 is 1.35 bits per heavy atom. The average Bonchev–Trinajstić information content (AvgIpc) is 3.05. The van der Waals surface area contributed by atoms with E-state index in [1.54, 1.807) is 17.7 Å². The molecule has 0 fully saturated rings.